The fraction of sp³-hybridized carbons (Fsp3) is 0.500. The van der Waals surface area contributed by atoms with Crippen molar-refractivity contribution < 1.29 is 9.90 Å². The molecule has 0 aliphatic heterocycles. The van der Waals surface area contributed by atoms with Crippen molar-refractivity contribution in [2.24, 2.45) is 5.73 Å². The average molecular weight is 250 g/mol. The molecule has 0 saturated carbocycles. The Hall–Kier alpha value is -1.39. The van der Waals surface area contributed by atoms with Crippen LogP contribution in [0, 0.1) is 0 Å². The Morgan fingerprint density at radius 3 is 2.56 bits per heavy atom. The number of carbonyl (C=O) groups excluding carboxylic acids is 1. The molecule has 0 saturated heterocycles. The molecule has 1 rings (SSSR count). The predicted molar refractivity (Wildman–Crippen MR) is 72.0 cm³/mol. The minimum atomic E-state index is -0.624. The van der Waals surface area contributed by atoms with E-state index in [0.29, 0.717) is 6.42 Å². The summed E-state index contributed by atoms with van der Waals surface area (Å²) in [7, 11) is 0. The molecule has 0 bridgehead atoms. The number of nitrogens with one attached hydrogen (secondary N) is 1. The number of carbonyl (C=O) groups is 1. The molecule has 0 fully saturated rings. The fourth-order valence-corrected chi connectivity index (χ4v) is 1.56. The quantitative estimate of drug-likeness (QED) is 0.700. The Morgan fingerprint density at radius 2 is 2.00 bits per heavy atom. The van der Waals surface area contributed by atoms with E-state index in [4.69, 9.17) is 10.8 Å². The molecule has 4 nitrogen and oxygen atoms in total. The Labute approximate surface area is 108 Å². The molecule has 1 atom stereocenters. The Morgan fingerprint density at radius 1 is 1.39 bits per heavy atom. The van der Waals surface area contributed by atoms with Gasteiger partial charge in [0.2, 0.25) is 5.91 Å². The molecule has 0 heterocycles. The maximum Gasteiger partial charge on any atom is 0.237 e. The van der Waals surface area contributed by atoms with Crippen LogP contribution >= 0.6 is 0 Å². The lowest BCUT2D eigenvalue weighted by Crippen LogP contribution is -2.52. The van der Waals surface area contributed by atoms with Crippen LogP contribution < -0.4 is 11.1 Å². The monoisotopic (exact) mass is 250 g/mol. The van der Waals surface area contributed by atoms with Crippen molar-refractivity contribution in [3.8, 4) is 0 Å². The number of hydrogen-bond donors (Lipinski definition) is 3. The van der Waals surface area contributed by atoms with Gasteiger partial charge in [-0.1, -0.05) is 30.3 Å². The standard InChI is InChI=1S/C14H22N2O2/c1-14(2,10-17)16-13(18)12(15)9-8-11-6-4-3-5-7-11/h3-7,12,17H,8-10,15H2,1-2H3,(H,16,18)/t12-/m0/s1. The van der Waals surface area contributed by atoms with Crippen molar-refractivity contribution in [1.29, 1.82) is 0 Å². The maximum atomic E-state index is 11.8. The van der Waals surface area contributed by atoms with E-state index in [1.54, 1.807) is 13.8 Å². The molecule has 100 valence electrons. The van der Waals surface area contributed by atoms with Gasteiger partial charge in [0, 0.05) is 0 Å². The molecule has 4 heteroatoms. The molecule has 0 unspecified atom stereocenters. The summed E-state index contributed by atoms with van der Waals surface area (Å²) in [4.78, 5) is 11.8. The first-order valence-corrected chi connectivity index (χ1v) is 6.17. The second kappa shape index (κ2) is 6.52. The van der Waals surface area contributed by atoms with Crippen molar-refractivity contribution >= 4 is 5.91 Å². The molecule has 18 heavy (non-hydrogen) atoms. The highest BCUT2D eigenvalue weighted by molar-refractivity contribution is 5.82. The van der Waals surface area contributed by atoms with E-state index in [9.17, 15) is 4.79 Å². The minimum Gasteiger partial charge on any atom is -0.394 e. The zero-order valence-electron chi connectivity index (χ0n) is 11.0. The molecule has 0 spiro atoms. The van der Waals surface area contributed by atoms with Crippen LogP contribution in [0.1, 0.15) is 25.8 Å². The highest BCUT2D eigenvalue weighted by Crippen LogP contribution is 2.06. The number of nitrogens with two attached hydrogens (primary N) is 1. The molecular weight excluding hydrogens is 228 g/mol. The number of benzene rings is 1. The molecule has 0 aromatic heterocycles. The number of amides is 1. The maximum absolute atomic E-state index is 11.8. The van der Waals surface area contributed by atoms with Crippen molar-refractivity contribution in [2.75, 3.05) is 6.61 Å². The van der Waals surface area contributed by atoms with Gasteiger partial charge in [0.25, 0.3) is 0 Å². The van der Waals surface area contributed by atoms with E-state index in [2.05, 4.69) is 5.32 Å². The number of aliphatic hydroxyl groups is 1. The normalized spacial score (nSPS) is 13.1. The van der Waals surface area contributed by atoms with Gasteiger partial charge < -0.3 is 16.2 Å². The highest BCUT2D eigenvalue weighted by Gasteiger charge is 2.22. The summed E-state index contributed by atoms with van der Waals surface area (Å²) in [5.74, 6) is -0.218. The molecule has 4 N–H and O–H groups in total. The Balaban J connectivity index is 2.41. The Kier molecular flexibility index (Phi) is 5.31. The lowest BCUT2D eigenvalue weighted by atomic mass is 10.0. The molecule has 1 amide bonds. The van der Waals surface area contributed by atoms with Gasteiger partial charge >= 0.3 is 0 Å². The zero-order valence-corrected chi connectivity index (χ0v) is 11.0. The van der Waals surface area contributed by atoms with Crippen molar-refractivity contribution in [1.82, 2.24) is 5.32 Å². The van der Waals surface area contributed by atoms with Crippen LogP contribution in [0.3, 0.4) is 0 Å². The number of aliphatic hydroxyl groups excluding tert-OH is 1. The van der Waals surface area contributed by atoms with Crippen LogP contribution in [-0.2, 0) is 11.2 Å². The lowest BCUT2D eigenvalue weighted by Gasteiger charge is -2.25. The van der Waals surface area contributed by atoms with Gasteiger partial charge in [0.1, 0.15) is 0 Å². The molecule has 1 aromatic rings. The van der Waals surface area contributed by atoms with E-state index >= 15 is 0 Å². The molecular formula is C14H22N2O2. The van der Waals surface area contributed by atoms with E-state index in [0.717, 1.165) is 6.42 Å². The van der Waals surface area contributed by atoms with Gasteiger partial charge in [-0.15, -0.1) is 0 Å². The van der Waals surface area contributed by atoms with Crippen molar-refractivity contribution in [3.63, 3.8) is 0 Å². The second-order valence-corrected chi connectivity index (χ2v) is 5.16. The third kappa shape index (κ3) is 4.85. The average Bonchev–Trinajstić information content (AvgIpc) is 2.36. The van der Waals surface area contributed by atoms with Gasteiger partial charge in [-0.2, -0.15) is 0 Å². The van der Waals surface area contributed by atoms with Crippen molar-refractivity contribution in [2.45, 2.75) is 38.3 Å². The fourth-order valence-electron chi connectivity index (χ4n) is 1.56. The van der Waals surface area contributed by atoms with E-state index < -0.39 is 11.6 Å². The van der Waals surface area contributed by atoms with Gasteiger partial charge in [-0.25, -0.2) is 0 Å². The third-order valence-electron chi connectivity index (χ3n) is 2.78. The molecule has 0 aliphatic rings. The number of rotatable bonds is 6. The van der Waals surface area contributed by atoms with Crippen LogP contribution in [-0.4, -0.2) is 29.2 Å². The Bertz CT molecular complexity index is 377. The third-order valence-corrected chi connectivity index (χ3v) is 2.78. The largest absolute Gasteiger partial charge is 0.394 e. The van der Waals surface area contributed by atoms with Gasteiger partial charge in [0.05, 0.1) is 18.2 Å². The molecule has 1 aromatic carbocycles. The van der Waals surface area contributed by atoms with E-state index in [1.165, 1.54) is 5.56 Å². The van der Waals surface area contributed by atoms with E-state index in [-0.39, 0.29) is 12.5 Å². The van der Waals surface area contributed by atoms with Crippen molar-refractivity contribution in [3.05, 3.63) is 35.9 Å². The first-order valence-electron chi connectivity index (χ1n) is 6.17. The van der Waals surface area contributed by atoms with Gasteiger partial charge in [-0.3, -0.25) is 4.79 Å². The smallest absolute Gasteiger partial charge is 0.237 e. The highest BCUT2D eigenvalue weighted by atomic mass is 16.3. The molecule has 0 aliphatic carbocycles. The summed E-state index contributed by atoms with van der Waals surface area (Å²) >= 11 is 0. The van der Waals surface area contributed by atoms with Crippen LogP contribution in [0.4, 0.5) is 0 Å². The summed E-state index contributed by atoms with van der Waals surface area (Å²) in [6.07, 6.45) is 1.37. The van der Waals surface area contributed by atoms with Gasteiger partial charge in [0.15, 0.2) is 0 Å². The predicted octanol–water partition coefficient (Wildman–Crippen LogP) is 0.834. The summed E-state index contributed by atoms with van der Waals surface area (Å²) in [6.45, 7) is 3.41. The summed E-state index contributed by atoms with van der Waals surface area (Å²) in [5, 5.41) is 11.8. The topological polar surface area (TPSA) is 75.3 Å². The zero-order chi connectivity index (χ0) is 13.6. The number of hydrogen-bond acceptors (Lipinski definition) is 3. The van der Waals surface area contributed by atoms with Crippen LogP contribution in [0.2, 0.25) is 0 Å². The summed E-state index contributed by atoms with van der Waals surface area (Å²) < 4.78 is 0. The lowest BCUT2D eigenvalue weighted by molar-refractivity contribution is -0.124. The second-order valence-electron chi connectivity index (χ2n) is 5.16. The number of aryl methyl sites for hydroxylation is 1. The van der Waals surface area contributed by atoms with Crippen LogP contribution in [0.15, 0.2) is 30.3 Å². The van der Waals surface area contributed by atoms with Crippen LogP contribution in [0.25, 0.3) is 0 Å². The first-order chi connectivity index (χ1) is 8.44. The molecule has 0 radical (unpaired) electrons. The van der Waals surface area contributed by atoms with Crippen LogP contribution in [0.5, 0.6) is 0 Å². The SMILES string of the molecule is CC(C)(CO)NC(=O)[C@@H](N)CCc1ccccc1. The van der Waals surface area contributed by atoms with E-state index in [1.807, 2.05) is 30.3 Å². The minimum absolute atomic E-state index is 0.107. The summed E-state index contributed by atoms with van der Waals surface area (Å²) in [5.41, 5.74) is 6.38. The van der Waals surface area contributed by atoms with Gasteiger partial charge in [-0.05, 0) is 32.3 Å². The first kappa shape index (κ1) is 14.7. The summed E-state index contributed by atoms with van der Waals surface area (Å²) in [6, 6.07) is 9.38.